The van der Waals surface area contributed by atoms with Crippen molar-refractivity contribution in [2.24, 2.45) is 5.73 Å². The van der Waals surface area contributed by atoms with Crippen molar-refractivity contribution >= 4 is 0 Å². The van der Waals surface area contributed by atoms with Gasteiger partial charge in [-0.15, -0.1) is 0 Å². The second-order valence-corrected chi connectivity index (χ2v) is 5.35. The van der Waals surface area contributed by atoms with E-state index in [4.69, 9.17) is 15.2 Å². The van der Waals surface area contributed by atoms with Crippen molar-refractivity contribution in [2.75, 3.05) is 13.7 Å². The first-order valence-corrected chi connectivity index (χ1v) is 7.24. The van der Waals surface area contributed by atoms with E-state index in [1.165, 1.54) is 5.56 Å². The smallest absolute Gasteiger partial charge is 0.136 e. The van der Waals surface area contributed by atoms with Crippen LogP contribution in [0.15, 0.2) is 48.5 Å². The van der Waals surface area contributed by atoms with Gasteiger partial charge in [-0.3, -0.25) is 0 Å². The molecule has 21 heavy (non-hydrogen) atoms. The first kappa shape index (κ1) is 15.4. The van der Waals surface area contributed by atoms with Crippen molar-refractivity contribution in [1.82, 2.24) is 0 Å². The largest absolute Gasteiger partial charge is 0.497 e. The Hall–Kier alpha value is -2.00. The standard InChI is InChI=1S/C18H23NO2/c1-13(2)14-6-4-9-17(10-14)21-18(12-19)15-7-5-8-16(11-15)20-3/h4-11,13,18H,12,19H2,1-3H3. The fraction of sp³-hybridized carbons (Fsp3) is 0.333. The first-order chi connectivity index (χ1) is 10.1. The van der Waals surface area contributed by atoms with E-state index in [-0.39, 0.29) is 6.10 Å². The molecule has 2 rings (SSSR count). The lowest BCUT2D eigenvalue weighted by Crippen LogP contribution is -2.18. The predicted octanol–water partition coefficient (Wildman–Crippen LogP) is 3.90. The molecule has 0 spiro atoms. The van der Waals surface area contributed by atoms with Gasteiger partial charge >= 0.3 is 0 Å². The van der Waals surface area contributed by atoms with Gasteiger partial charge in [-0.2, -0.15) is 0 Å². The third-order valence-electron chi connectivity index (χ3n) is 3.48. The summed E-state index contributed by atoms with van der Waals surface area (Å²) in [5.41, 5.74) is 8.15. The number of benzene rings is 2. The van der Waals surface area contributed by atoms with E-state index in [2.05, 4.69) is 26.0 Å². The summed E-state index contributed by atoms with van der Waals surface area (Å²) < 4.78 is 11.3. The third kappa shape index (κ3) is 3.99. The Kier molecular flexibility index (Phi) is 5.23. The minimum absolute atomic E-state index is 0.178. The Morgan fingerprint density at radius 2 is 1.57 bits per heavy atom. The highest BCUT2D eigenvalue weighted by molar-refractivity contribution is 5.33. The fourth-order valence-electron chi connectivity index (χ4n) is 2.21. The van der Waals surface area contributed by atoms with E-state index in [1.807, 2.05) is 36.4 Å². The molecular formula is C18H23NO2. The maximum Gasteiger partial charge on any atom is 0.136 e. The number of rotatable bonds is 6. The molecule has 3 nitrogen and oxygen atoms in total. The predicted molar refractivity (Wildman–Crippen MR) is 85.9 cm³/mol. The molecule has 0 fully saturated rings. The Balaban J connectivity index is 2.20. The van der Waals surface area contributed by atoms with Crippen molar-refractivity contribution in [2.45, 2.75) is 25.9 Å². The minimum atomic E-state index is -0.178. The summed E-state index contributed by atoms with van der Waals surface area (Å²) in [7, 11) is 1.66. The van der Waals surface area contributed by atoms with E-state index in [0.29, 0.717) is 12.5 Å². The van der Waals surface area contributed by atoms with Crippen molar-refractivity contribution in [3.8, 4) is 11.5 Å². The minimum Gasteiger partial charge on any atom is -0.497 e. The van der Waals surface area contributed by atoms with E-state index in [0.717, 1.165) is 17.1 Å². The van der Waals surface area contributed by atoms with Crippen molar-refractivity contribution in [3.63, 3.8) is 0 Å². The maximum atomic E-state index is 6.06. The zero-order chi connectivity index (χ0) is 15.2. The molecule has 0 aliphatic carbocycles. The van der Waals surface area contributed by atoms with E-state index in [1.54, 1.807) is 7.11 Å². The Morgan fingerprint density at radius 3 is 2.19 bits per heavy atom. The topological polar surface area (TPSA) is 44.5 Å². The monoisotopic (exact) mass is 285 g/mol. The van der Waals surface area contributed by atoms with Gasteiger partial charge < -0.3 is 15.2 Å². The van der Waals surface area contributed by atoms with Crippen LogP contribution in [0.3, 0.4) is 0 Å². The lowest BCUT2D eigenvalue weighted by atomic mass is 10.0. The molecule has 2 aromatic carbocycles. The zero-order valence-corrected chi connectivity index (χ0v) is 12.9. The lowest BCUT2D eigenvalue weighted by molar-refractivity contribution is 0.213. The molecule has 112 valence electrons. The van der Waals surface area contributed by atoms with Crippen LogP contribution in [0.2, 0.25) is 0 Å². The van der Waals surface area contributed by atoms with Gasteiger partial charge in [0.25, 0.3) is 0 Å². The number of methoxy groups -OCH3 is 1. The number of hydrogen-bond acceptors (Lipinski definition) is 3. The second kappa shape index (κ2) is 7.14. The molecule has 0 amide bonds. The number of nitrogens with two attached hydrogens (primary N) is 1. The van der Waals surface area contributed by atoms with Crippen LogP contribution in [0.25, 0.3) is 0 Å². The lowest BCUT2D eigenvalue weighted by Gasteiger charge is -2.19. The highest BCUT2D eigenvalue weighted by Crippen LogP contribution is 2.26. The highest BCUT2D eigenvalue weighted by atomic mass is 16.5. The fourth-order valence-corrected chi connectivity index (χ4v) is 2.21. The van der Waals surface area contributed by atoms with Gasteiger partial charge in [0, 0.05) is 6.54 Å². The normalized spacial score (nSPS) is 12.2. The maximum absolute atomic E-state index is 6.06. The molecule has 1 unspecified atom stereocenters. The highest BCUT2D eigenvalue weighted by Gasteiger charge is 2.13. The summed E-state index contributed by atoms with van der Waals surface area (Å²) >= 11 is 0. The van der Waals surface area contributed by atoms with Crippen LogP contribution in [0, 0.1) is 0 Å². The van der Waals surface area contributed by atoms with Crippen LogP contribution in [-0.2, 0) is 0 Å². The zero-order valence-electron chi connectivity index (χ0n) is 12.9. The van der Waals surface area contributed by atoms with Crippen molar-refractivity contribution in [1.29, 1.82) is 0 Å². The summed E-state index contributed by atoms with van der Waals surface area (Å²) in [5.74, 6) is 2.13. The van der Waals surface area contributed by atoms with Gasteiger partial charge in [0.1, 0.15) is 17.6 Å². The summed E-state index contributed by atoms with van der Waals surface area (Å²) in [4.78, 5) is 0. The summed E-state index contributed by atoms with van der Waals surface area (Å²) in [6.07, 6.45) is -0.178. The summed E-state index contributed by atoms with van der Waals surface area (Å²) in [5, 5.41) is 0. The van der Waals surface area contributed by atoms with Crippen LogP contribution in [0.5, 0.6) is 11.5 Å². The first-order valence-electron chi connectivity index (χ1n) is 7.24. The van der Waals surface area contributed by atoms with Crippen molar-refractivity contribution in [3.05, 3.63) is 59.7 Å². The molecule has 0 saturated carbocycles. The van der Waals surface area contributed by atoms with Gasteiger partial charge in [0.2, 0.25) is 0 Å². The molecule has 0 aliphatic rings. The average molecular weight is 285 g/mol. The van der Waals surface area contributed by atoms with Crippen LogP contribution in [0.1, 0.15) is 37.0 Å². The van der Waals surface area contributed by atoms with Crippen molar-refractivity contribution < 1.29 is 9.47 Å². The van der Waals surface area contributed by atoms with Gasteiger partial charge in [0.05, 0.1) is 7.11 Å². The van der Waals surface area contributed by atoms with Gasteiger partial charge in [-0.25, -0.2) is 0 Å². The Bertz CT molecular complexity index is 581. The van der Waals surface area contributed by atoms with Crippen LogP contribution < -0.4 is 15.2 Å². The van der Waals surface area contributed by atoms with E-state index in [9.17, 15) is 0 Å². The van der Waals surface area contributed by atoms with Gasteiger partial charge in [0.15, 0.2) is 0 Å². The van der Waals surface area contributed by atoms with Crippen LogP contribution >= 0.6 is 0 Å². The molecule has 3 heteroatoms. The Labute approximate surface area is 126 Å². The Morgan fingerprint density at radius 1 is 0.952 bits per heavy atom. The van der Waals surface area contributed by atoms with Crippen LogP contribution in [0.4, 0.5) is 0 Å². The molecule has 0 aromatic heterocycles. The summed E-state index contributed by atoms with van der Waals surface area (Å²) in [6.45, 7) is 4.75. The quantitative estimate of drug-likeness (QED) is 0.875. The van der Waals surface area contributed by atoms with Crippen LogP contribution in [-0.4, -0.2) is 13.7 Å². The third-order valence-corrected chi connectivity index (χ3v) is 3.48. The molecule has 0 bridgehead atoms. The summed E-state index contributed by atoms with van der Waals surface area (Å²) in [6, 6.07) is 16.0. The number of hydrogen-bond donors (Lipinski definition) is 1. The van der Waals surface area contributed by atoms with E-state index >= 15 is 0 Å². The molecule has 0 heterocycles. The molecule has 0 aliphatic heterocycles. The van der Waals surface area contributed by atoms with Gasteiger partial charge in [-0.05, 0) is 41.3 Å². The number of ether oxygens (including phenoxy) is 2. The van der Waals surface area contributed by atoms with Gasteiger partial charge in [-0.1, -0.05) is 38.1 Å². The SMILES string of the molecule is COc1cccc(C(CN)Oc2cccc(C(C)C)c2)c1. The average Bonchev–Trinajstić information content (AvgIpc) is 2.53. The molecule has 1 atom stereocenters. The molecule has 2 N–H and O–H groups in total. The molecular weight excluding hydrogens is 262 g/mol. The second-order valence-electron chi connectivity index (χ2n) is 5.35. The molecule has 0 saturated heterocycles. The molecule has 2 aromatic rings. The van der Waals surface area contributed by atoms with E-state index < -0.39 is 0 Å². The molecule has 0 radical (unpaired) electrons.